The number of aromatic nitrogens is 6. The molecule has 11 nitrogen and oxygen atoms in total. The number of carbonyl (C=O) groups excluding carboxylic acids is 1. The van der Waals surface area contributed by atoms with Crippen LogP contribution >= 0.6 is 11.8 Å². The molecule has 43 heavy (non-hydrogen) atoms. The number of ether oxygens (including phenoxy) is 2. The number of anilines is 1. The standard InChI is InChI=1S/C31H36N8O3S/c1-4-13-43-30-35-27(34-22-14-20(22)19-10-6-5-7-11-19)24-28(36-30)39(38-37-24)23-15-21(25-26(23)42-31(2,3)41-25)29(40)33-17-18-9-8-12-32-16-18/h5-12,16,20-23,25-26H,4,13-15,17H2,1-3H3,(H,33,40)(H,34,35,36). The molecular formula is C31H36N8O3S. The number of thioether (sulfide) groups is 1. The molecule has 3 fully saturated rings. The van der Waals surface area contributed by atoms with Crippen molar-refractivity contribution in [2.45, 2.75) is 87.7 Å². The first-order valence-electron chi connectivity index (χ1n) is 15.0. The van der Waals surface area contributed by atoms with Crippen molar-refractivity contribution >= 4 is 34.7 Å². The van der Waals surface area contributed by atoms with E-state index in [9.17, 15) is 4.79 Å². The Hall–Kier alpha value is -3.61. The molecule has 1 amide bonds. The third-order valence-corrected chi connectivity index (χ3v) is 9.41. The lowest BCUT2D eigenvalue weighted by molar-refractivity contribution is -0.163. The number of hydrogen-bond donors (Lipinski definition) is 2. The van der Waals surface area contributed by atoms with Crippen molar-refractivity contribution in [2.75, 3.05) is 11.1 Å². The summed E-state index contributed by atoms with van der Waals surface area (Å²) < 4.78 is 14.5. The van der Waals surface area contributed by atoms with Crippen LogP contribution in [0.15, 0.2) is 60.0 Å². The van der Waals surface area contributed by atoms with Crippen LogP contribution in [0, 0.1) is 5.92 Å². The zero-order valence-corrected chi connectivity index (χ0v) is 25.3. The average molecular weight is 601 g/mol. The van der Waals surface area contributed by atoms with Gasteiger partial charge in [-0.05, 0) is 50.3 Å². The van der Waals surface area contributed by atoms with E-state index in [1.54, 1.807) is 24.2 Å². The normalized spacial score (nSPS) is 27.2. The van der Waals surface area contributed by atoms with E-state index >= 15 is 0 Å². The van der Waals surface area contributed by atoms with Gasteiger partial charge in [-0.3, -0.25) is 9.78 Å². The number of nitrogens with one attached hydrogen (secondary N) is 2. The third kappa shape index (κ3) is 5.71. The fourth-order valence-corrected chi connectivity index (χ4v) is 6.96. The first-order chi connectivity index (χ1) is 20.9. The maximum absolute atomic E-state index is 13.5. The summed E-state index contributed by atoms with van der Waals surface area (Å²) in [5, 5.41) is 16.6. The number of benzene rings is 1. The van der Waals surface area contributed by atoms with Crippen LogP contribution in [0.4, 0.5) is 5.82 Å². The van der Waals surface area contributed by atoms with Crippen molar-refractivity contribution in [1.29, 1.82) is 0 Å². The molecule has 1 saturated heterocycles. The number of fused-ring (bicyclic) bond motifs is 2. The zero-order chi connectivity index (χ0) is 29.6. The van der Waals surface area contributed by atoms with Gasteiger partial charge in [0.1, 0.15) is 12.2 Å². The van der Waals surface area contributed by atoms with Gasteiger partial charge in [-0.1, -0.05) is 60.3 Å². The van der Waals surface area contributed by atoms with Crippen LogP contribution in [0.3, 0.4) is 0 Å². The highest BCUT2D eigenvalue weighted by atomic mass is 32.2. The van der Waals surface area contributed by atoms with Crippen molar-refractivity contribution in [1.82, 2.24) is 35.3 Å². The van der Waals surface area contributed by atoms with Gasteiger partial charge < -0.3 is 20.1 Å². The van der Waals surface area contributed by atoms with Crippen molar-refractivity contribution < 1.29 is 14.3 Å². The summed E-state index contributed by atoms with van der Waals surface area (Å²) in [6.07, 6.45) is 5.21. The topological polar surface area (TPSA) is 129 Å². The van der Waals surface area contributed by atoms with Crippen LogP contribution in [0.5, 0.6) is 0 Å². The number of carbonyl (C=O) groups is 1. The molecule has 4 aromatic rings. The molecule has 12 heteroatoms. The summed E-state index contributed by atoms with van der Waals surface area (Å²) in [6.45, 7) is 6.31. The van der Waals surface area contributed by atoms with Gasteiger partial charge in [0.05, 0.1) is 12.0 Å². The Morgan fingerprint density at radius 2 is 1.93 bits per heavy atom. The van der Waals surface area contributed by atoms with E-state index < -0.39 is 17.8 Å². The van der Waals surface area contributed by atoms with Crippen molar-refractivity contribution in [2.24, 2.45) is 5.92 Å². The molecule has 2 N–H and O–H groups in total. The van der Waals surface area contributed by atoms with Crippen LogP contribution in [0.1, 0.15) is 63.1 Å². The van der Waals surface area contributed by atoms with Gasteiger partial charge in [-0.2, -0.15) is 0 Å². The van der Waals surface area contributed by atoms with Gasteiger partial charge in [-0.15, -0.1) is 5.10 Å². The number of amides is 1. The van der Waals surface area contributed by atoms with Gasteiger partial charge in [0.2, 0.25) is 5.91 Å². The Morgan fingerprint density at radius 3 is 2.72 bits per heavy atom. The minimum Gasteiger partial charge on any atom is -0.365 e. The van der Waals surface area contributed by atoms with E-state index in [1.807, 2.05) is 36.7 Å². The Bertz CT molecular complexity index is 1600. The molecular weight excluding hydrogens is 564 g/mol. The molecule has 3 aliphatic rings. The molecule has 1 aromatic carbocycles. The molecule has 1 aliphatic heterocycles. The molecule has 0 spiro atoms. The molecule has 0 bridgehead atoms. The van der Waals surface area contributed by atoms with E-state index in [0.717, 1.165) is 24.2 Å². The largest absolute Gasteiger partial charge is 0.365 e. The second kappa shape index (κ2) is 11.5. The molecule has 7 rings (SSSR count). The van der Waals surface area contributed by atoms with E-state index in [-0.39, 0.29) is 24.1 Å². The smallest absolute Gasteiger partial charge is 0.226 e. The highest BCUT2D eigenvalue weighted by Gasteiger charge is 2.57. The predicted octanol–water partition coefficient (Wildman–Crippen LogP) is 4.48. The molecule has 2 saturated carbocycles. The fraction of sp³-hybridized carbons (Fsp3) is 0.484. The molecule has 4 heterocycles. The predicted molar refractivity (Wildman–Crippen MR) is 162 cm³/mol. The Morgan fingerprint density at radius 1 is 1.09 bits per heavy atom. The van der Waals surface area contributed by atoms with Crippen molar-refractivity contribution in [3.63, 3.8) is 0 Å². The minimum atomic E-state index is -0.825. The van der Waals surface area contributed by atoms with Gasteiger partial charge in [0.25, 0.3) is 0 Å². The maximum Gasteiger partial charge on any atom is 0.226 e. The van der Waals surface area contributed by atoms with Crippen molar-refractivity contribution in [3.8, 4) is 0 Å². The summed E-state index contributed by atoms with van der Waals surface area (Å²) in [6, 6.07) is 14.3. The van der Waals surface area contributed by atoms with E-state index in [1.165, 1.54) is 5.56 Å². The van der Waals surface area contributed by atoms with Gasteiger partial charge in [0.15, 0.2) is 27.9 Å². The summed E-state index contributed by atoms with van der Waals surface area (Å²) in [7, 11) is 0. The van der Waals surface area contributed by atoms with Gasteiger partial charge in [0, 0.05) is 36.7 Å². The second-order valence-corrected chi connectivity index (χ2v) is 13.0. The molecule has 224 valence electrons. The highest BCUT2D eigenvalue weighted by Crippen LogP contribution is 2.48. The van der Waals surface area contributed by atoms with Crippen LogP contribution in [0.2, 0.25) is 0 Å². The lowest BCUT2D eigenvalue weighted by Crippen LogP contribution is -2.37. The molecule has 6 atom stereocenters. The third-order valence-electron chi connectivity index (χ3n) is 8.35. The van der Waals surface area contributed by atoms with Gasteiger partial charge >= 0.3 is 0 Å². The van der Waals surface area contributed by atoms with Crippen LogP contribution in [0.25, 0.3) is 11.2 Å². The van der Waals surface area contributed by atoms with Crippen LogP contribution in [-0.4, -0.2) is 65.6 Å². The molecule has 0 radical (unpaired) electrons. The number of nitrogens with zero attached hydrogens (tertiary/aromatic N) is 6. The second-order valence-electron chi connectivity index (χ2n) is 12.0. The first kappa shape index (κ1) is 28.2. The van der Waals surface area contributed by atoms with Crippen LogP contribution in [-0.2, 0) is 20.8 Å². The average Bonchev–Trinajstić information content (AvgIpc) is 3.34. The van der Waals surface area contributed by atoms with Gasteiger partial charge in [-0.25, -0.2) is 14.6 Å². The summed E-state index contributed by atoms with van der Waals surface area (Å²) in [5.74, 6) is 0.710. The monoisotopic (exact) mass is 600 g/mol. The Balaban J connectivity index is 1.17. The van der Waals surface area contributed by atoms with Crippen LogP contribution < -0.4 is 10.6 Å². The summed E-state index contributed by atoms with van der Waals surface area (Å²) in [5.41, 5.74) is 3.52. The number of pyridine rings is 1. The van der Waals surface area contributed by atoms with E-state index in [2.05, 4.69) is 57.1 Å². The lowest BCUT2D eigenvalue weighted by Gasteiger charge is -2.23. The number of hydrogen-bond acceptors (Lipinski definition) is 10. The molecule has 3 aromatic heterocycles. The summed E-state index contributed by atoms with van der Waals surface area (Å²) >= 11 is 1.62. The van der Waals surface area contributed by atoms with E-state index in [0.29, 0.717) is 41.0 Å². The molecule has 6 unspecified atom stereocenters. The minimum absolute atomic E-state index is 0.0797. The quantitative estimate of drug-likeness (QED) is 0.199. The zero-order valence-electron chi connectivity index (χ0n) is 24.5. The SMILES string of the molecule is CCCSc1nc(NC2CC2c2ccccc2)c2nnn(C3CC(C(=O)NCc4cccnc4)C4OC(C)(C)OC43)c2n1. The fourth-order valence-electron chi connectivity index (χ4n) is 6.26. The lowest BCUT2D eigenvalue weighted by atomic mass is 10.0. The maximum atomic E-state index is 13.5. The Labute approximate surface area is 254 Å². The highest BCUT2D eigenvalue weighted by molar-refractivity contribution is 7.99. The molecule has 2 aliphatic carbocycles. The number of rotatable bonds is 10. The first-order valence-corrected chi connectivity index (χ1v) is 16.0. The Kier molecular flexibility index (Phi) is 7.52. The van der Waals surface area contributed by atoms with Crippen molar-refractivity contribution in [3.05, 3.63) is 66.0 Å². The summed E-state index contributed by atoms with van der Waals surface area (Å²) in [4.78, 5) is 27.4. The van der Waals surface area contributed by atoms with E-state index in [4.69, 9.17) is 19.4 Å².